The minimum atomic E-state index is -4.67. The Morgan fingerprint density at radius 3 is 2.40 bits per heavy atom. The standard InChI is InChI=1S/C13H15NO.H2O4S/c1-15-12-6-5-10-3-2-4-11(7-8-14)13(10)9-12;1-5(2,3)4/h2-6,9H,7-8,14H2,1H3;(H2,1,2,3,4). The van der Waals surface area contributed by atoms with Gasteiger partial charge in [-0.15, -0.1) is 0 Å². The first kappa shape index (κ1) is 16.4. The molecule has 0 spiro atoms. The van der Waals surface area contributed by atoms with Gasteiger partial charge < -0.3 is 10.5 Å². The van der Waals surface area contributed by atoms with Crippen LogP contribution in [0.1, 0.15) is 5.56 Å². The summed E-state index contributed by atoms with van der Waals surface area (Å²) in [4.78, 5) is 0. The van der Waals surface area contributed by atoms with Crippen LogP contribution < -0.4 is 10.5 Å². The topological polar surface area (TPSA) is 110 Å². The molecule has 2 aromatic rings. The van der Waals surface area contributed by atoms with Crippen molar-refractivity contribution in [2.45, 2.75) is 6.42 Å². The third-order valence-corrected chi connectivity index (χ3v) is 2.59. The third kappa shape index (κ3) is 5.54. The lowest BCUT2D eigenvalue weighted by Gasteiger charge is -2.07. The van der Waals surface area contributed by atoms with E-state index in [9.17, 15) is 0 Å². The van der Waals surface area contributed by atoms with E-state index in [1.54, 1.807) is 7.11 Å². The molecular weight excluding hydrogens is 282 g/mol. The van der Waals surface area contributed by atoms with Crippen LogP contribution in [0.5, 0.6) is 5.75 Å². The van der Waals surface area contributed by atoms with Gasteiger partial charge in [-0.1, -0.05) is 24.3 Å². The van der Waals surface area contributed by atoms with Gasteiger partial charge in [-0.25, -0.2) is 0 Å². The van der Waals surface area contributed by atoms with E-state index < -0.39 is 10.4 Å². The quantitative estimate of drug-likeness (QED) is 0.744. The highest BCUT2D eigenvalue weighted by atomic mass is 32.3. The summed E-state index contributed by atoms with van der Waals surface area (Å²) < 4.78 is 36.8. The normalized spacial score (nSPS) is 10.8. The second-order valence-electron chi connectivity index (χ2n) is 3.99. The molecule has 110 valence electrons. The molecule has 20 heavy (non-hydrogen) atoms. The van der Waals surface area contributed by atoms with E-state index in [-0.39, 0.29) is 0 Å². The summed E-state index contributed by atoms with van der Waals surface area (Å²) in [6.45, 7) is 0.677. The van der Waals surface area contributed by atoms with Crippen molar-refractivity contribution >= 4 is 21.2 Å². The summed E-state index contributed by atoms with van der Waals surface area (Å²) >= 11 is 0. The van der Waals surface area contributed by atoms with Crippen LogP contribution in [0.4, 0.5) is 0 Å². The molecule has 0 saturated carbocycles. The first-order valence-electron chi connectivity index (χ1n) is 5.80. The molecule has 0 saturated heterocycles. The first-order chi connectivity index (χ1) is 9.35. The van der Waals surface area contributed by atoms with E-state index in [4.69, 9.17) is 28.0 Å². The van der Waals surface area contributed by atoms with Gasteiger partial charge in [0, 0.05) is 0 Å². The van der Waals surface area contributed by atoms with E-state index in [0.717, 1.165) is 12.2 Å². The van der Waals surface area contributed by atoms with Crippen molar-refractivity contribution in [3.8, 4) is 5.75 Å². The number of hydrogen-bond donors (Lipinski definition) is 3. The number of ether oxygens (including phenoxy) is 1. The fraction of sp³-hybridized carbons (Fsp3) is 0.231. The van der Waals surface area contributed by atoms with Crippen LogP contribution in [-0.2, 0) is 16.8 Å². The molecule has 0 unspecified atom stereocenters. The van der Waals surface area contributed by atoms with Gasteiger partial charge in [0.05, 0.1) is 7.11 Å². The van der Waals surface area contributed by atoms with E-state index in [0.29, 0.717) is 6.54 Å². The number of hydrogen-bond acceptors (Lipinski definition) is 4. The smallest absolute Gasteiger partial charge is 0.394 e. The summed E-state index contributed by atoms with van der Waals surface area (Å²) in [5, 5.41) is 2.48. The van der Waals surface area contributed by atoms with Gasteiger partial charge >= 0.3 is 10.4 Å². The Labute approximate surface area is 117 Å². The van der Waals surface area contributed by atoms with Gasteiger partial charge in [0.2, 0.25) is 0 Å². The maximum atomic E-state index is 8.74. The van der Waals surface area contributed by atoms with Crippen LogP contribution in [0, 0.1) is 0 Å². The summed E-state index contributed by atoms with van der Waals surface area (Å²) in [5.74, 6) is 0.895. The van der Waals surface area contributed by atoms with Crippen LogP contribution in [0.3, 0.4) is 0 Å². The van der Waals surface area contributed by atoms with E-state index in [1.165, 1.54) is 16.3 Å². The Hall–Kier alpha value is -1.67. The van der Waals surface area contributed by atoms with Gasteiger partial charge in [-0.3, -0.25) is 9.11 Å². The number of benzene rings is 2. The van der Waals surface area contributed by atoms with Gasteiger partial charge in [0.15, 0.2) is 0 Å². The Bertz CT molecular complexity index is 662. The first-order valence-corrected chi connectivity index (χ1v) is 7.20. The summed E-state index contributed by atoms with van der Waals surface area (Å²) in [6, 6.07) is 12.4. The SMILES string of the molecule is COc1ccc2cccc(CCN)c2c1.O=S(=O)(O)O. The Morgan fingerprint density at radius 2 is 1.85 bits per heavy atom. The third-order valence-electron chi connectivity index (χ3n) is 2.59. The maximum absolute atomic E-state index is 8.74. The molecule has 0 heterocycles. The molecular formula is C13H17NO5S. The second kappa shape index (κ2) is 7.20. The minimum Gasteiger partial charge on any atom is -0.497 e. The number of nitrogens with two attached hydrogens (primary N) is 1. The lowest BCUT2D eigenvalue weighted by molar-refractivity contribution is 0.381. The molecule has 0 radical (unpaired) electrons. The predicted molar refractivity (Wildman–Crippen MR) is 77.4 cm³/mol. The minimum absolute atomic E-state index is 0.677. The average Bonchev–Trinajstić information content (AvgIpc) is 2.37. The van der Waals surface area contributed by atoms with Crippen molar-refractivity contribution < 1.29 is 22.3 Å². The van der Waals surface area contributed by atoms with Crippen LogP contribution in [0.15, 0.2) is 36.4 Å². The highest BCUT2D eigenvalue weighted by Crippen LogP contribution is 2.24. The Kier molecular flexibility index (Phi) is 5.90. The van der Waals surface area contributed by atoms with E-state index in [1.807, 2.05) is 6.07 Å². The van der Waals surface area contributed by atoms with Gasteiger partial charge in [-0.2, -0.15) is 8.42 Å². The molecule has 0 atom stereocenters. The highest BCUT2D eigenvalue weighted by molar-refractivity contribution is 7.79. The maximum Gasteiger partial charge on any atom is 0.394 e. The number of rotatable bonds is 3. The predicted octanol–water partition coefficient (Wildman–Crippen LogP) is 1.70. The summed E-state index contributed by atoms with van der Waals surface area (Å²) in [7, 11) is -2.98. The van der Waals surface area contributed by atoms with Gasteiger partial charge in [-0.05, 0) is 41.4 Å². The Balaban J connectivity index is 0.000000347. The molecule has 0 aliphatic rings. The van der Waals surface area contributed by atoms with Crippen molar-refractivity contribution in [2.75, 3.05) is 13.7 Å². The summed E-state index contributed by atoms with van der Waals surface area (Å²) in [6.07, 6.45) is 0.907. The lowest BCUT2D eigenvalue weighted by Crippen LogP contribution is -2.03. The second-order valence-corrected chi connectivity index (χ2v) is 4.89. The molecule has 0 amide bonds. The zero-order valence-electron chi connectivity index (χ0n) is 11.0. The molecule has 2 aromatic carbocycles. The molecule has 6 nitrogen and oxygen atoms in total. The molecule has 0 fully saturated rings. The fourth-order valence-electron chi connectivity index (χ4n) is 1.82. The lowest BCUT2D eigenvalue weighted by atomic mass is 10.0. The van der Waals surface area contributed by atoms with Crippen LogP contribution >= 0.6 is 0 Å². The zero-order chi connectivity index (χ0) is 15.2. The average molecular weight is 299 g/mol. The van der Waals surface area contributed by atoms with E-state index >= 15 is 0 Å². The largest absolute Gasteiger partial charge is 0.497 e. The molecule has 7 heteroatoms. The van der Waals surface area contributed by atoms with Crippen LogP contribution in [0.2, 0.25) is 0 Å². The zero-order valence-corrected chi connectivity index (χ0v) is 11.8. The number of fused-ring (bicyclic) bond motifs is 1. The molecule has 0 bridgehead atoms. The molecule has 0 aromatic heterocycles. The van der Waals surface area contributed by atoms with E-state index in [2.05, 4.69) is 30.3 Å². The highest BCUT2D eigenvalue weighted by Gasteiger charge is 2.01. The van der Waals surface area contributed by atoms with Crippen LogP contribution in [-0.4, -0.2) is 31.2 Å². The van der Waals surface area contributed by atoms with Gasteiger partial charge in [0.1, 0.15) is 5.75 Å². The van der Waals surface area contributed by atoms with Crippen molar-refractivity contribution in [1.82, 2.24) is 0 Å². The summed E-state index contributed by atoms with van der Waals surface area (Å²) in [5.41, 5.74) is 6.88. The van der Waals surface area contributed by atoms with Crippen molar-refractivity contribution in [3.05, 3.63) is 42.0 Å². The van der Waals surface area contributed by atoms with Crippen molar-refractivity contribution in [2.24, 2.45) is 5.73 Å². The molecule has 0 aliphatic heterocycles. The van der Waals surface area contributed by atoms with Crippen LogP contribution in [0.25, 0.3) is 10.8 Å². The fourth-order valence-corrected chi connectivity index (χ4v) is 1.82. The Morgan fingerprint density at radius 1 is 1.20 bits per heavy atom. The van der Waals surface area contributed by atoms with Crippen molar-refractivity contribution in [1.29, 1.82) is 0 Å². The van der Waals surface area contributed by atoms with Crippen molar-refractivity contribution in [3.63, 3.8) is 0 Å². The van der Waals surface area contributed by atoms with Gasteiger partial charge in [0.25, 0.3) is 0 Å². The molecule has 4 N–H and O–H groups in total. The number of methoxy groups -OCH3 is 1. The molecule has 0 aliphatic carbocycles. The molecule has 2 rings (SSSR count). The monoisotopic (exact) mass is 299 g/mol.